The number of nitriles is 1. The fourth-order valence-corrected chi connectivity index (χ4v) is 5.71. The molecule has 1 N–H and O–H groups in total. The van der Waals surface area contributed by atoms with Crippen LogP contribution in [-0.2, 0) is 11.3 Å². The smallest absolute Gasteiger partial charge is 0.227 e. The second-order valence-corrected chi connectivity index (χ2v) is 11.0. The lowest BCUT2D eigenvalue weighted by Crippen LogP contribution is -2.51. The van der Waals surface area contributed by atoms with Crippen LogP contribution in [0.4, 0.5) is 17.3 Å². The van der Waals surface area contributed by atoms with Crippen molar-refractivity contribution in [3.05, 3.63) is 60.7 Å². The van der Waals surface area contributed by atoms with Crippen molar-refractivity contribution in [2.24, 2.45) is 0 Å². The van der Waals surface area contributed by atoms with Crippen molar-refractivity contribution in [1.29, 1.82) is 5.26 Å². The van der Waals surface area contributed by atoms with Crippen molar-refractivity contribution in [1.82, 2.24) is 35.1 Å². The van der Waals surface area contributed by atoms with Crippen LogP contribution in [-0.4, -0.2) is 93.7 Å². The molecular formula is C31H36N10O3. The highest BCUT2D eigenvalue weighted by molar-refractivity contribution is 5.70. The SMILES string of the molecule is COc1cc(N2CCN(C3CCOCC3)CC2)ccc1Nc1ncc(-c2ccc(C#N)c(O[C@@H](C)Cn3cnnn3)c2)cn1. The molecule has 2 aromatic heterocycles. The summed E-state index contributed by atoms with van der Waals surface area (Å²) < 4.78 is 18.9. The van der Waals surface area contributed by atoms with Crippen molar-refractivity contribution in [2.45, 2.75) is 38.5 Å². The molecule has 13 nitrogen and oxygen atoms in total. The molecule has 2 aromatic carbocycles. The molecule has 2 fully saturated rings. The van der Waals surface area contributed by atoms with Gasteiger partial charge in [0.15, 0.2) is 0 Å². The van der Waals surface area contributed by atoms with Crippen LogP contribution in [0.1, 0.15) is 25.3 Å². The molecule has 0 saturated carbocycles. The summed E-state index contributed by atoms with van der Waals surface area (Å²) in [6.07, 6.45) is 7.00. The first-order valence-electron chi connectivity index (χ1n) is 14.9. The zero-order valence-corrected chi connectivity index (χ0v) is 25.0. The Morgan fingerprint density at radius 1 is 1.02 bits per heavy atom. The summed E-state index contributed by atoms with van der Waals surface area (Å²) in [5, 5.41) is 24.0. The molecule has 2 saturated heterocycles. The zero-order valence-electron chi connectivity index (χ0n) is 25.0. The van der Waals surface area contributed by atoms with Gasteiger partial charge < -0.3 is 24.4 Å². The number of benzene rings is 2. The van der Waals surface area contributed by atoms with E-state index in [0.29, 0.717) is 29.8 Å². The number of aromatic nitrogens is 6. The number of hydrogen-bond acceptors (Lipinski definition) is 12. The summed E-state index contributed by atoms with van der Waals surface area (Å²) >= 11 is 0. The van der Waals surface area contributed by atoms with Crippen molar-refractivity contribution in [3.8, 4) is 28.7 Å². The van der Waals surface area contributed by atoms with E-state index < -0.39 is 0 Å². The van der Waals surface area contributed by atoms with E-state index in [1.165, 1.54) is 6.33 Å². The van der Waals surface area contributed by atoms with Crippen molar-refractivity contribution in [3.63, 3.8) is 0 Å². The molecule has 44 heavy (non-hydrogen) atoms. The Morgan fingerprint density at radius 2 is 1.82 bits per heavy atom. The van der Waals surface area contributed by atoms with Crippen LogP contribution in [0, 0.1) is 11.3 Å². The molecule has 0 unspecified atom stereocenters. The Kier molecular flexibility index (Phi) is 9.09. The molecular weight excluding hydrogens is 560 g/mol. The lowest BCUT2D eigenvalue weighted by atomic mass is 10.1. The van der Waals surface area contributed by atoms with E-state index in [1.807, 2.05) is 25.1 Å². The Hall–Kier alpha value is -4.80. The van der Waals surface area contributed by atoms with Gasteiger partial charge in [-0.1, -0.05) is 6.07 Å². The number of tetrazole rings is 1. The van der Waals surface area contributed by atoms with Crippen LogP contribution >= 0.6 is 0 Å². The van der Waals surface area contributed by atoms with E-state index in [-0.39, 0.29) is 6.10 Å². The van der Waals surface area contributed by atoms with Crippen LogP contribution < -0.4 is 19.7 Å². The summed E-state index contributed by atoms with van der Waals surface area (Å²) in [4.78, 5) is 14.1. The van der Waals surface area contributed by atoms with E-state index in [4.69, 9.17) is 14.2 Å². The molecule has 4 heterocycles. The molecule has 2 aliphatic rings. The number of anilines is 3. The van der Waals surface area contributed by atoms with E-state index in [1.54, 1.807) is 30.3 Å². The molecule has 0 amide bonds. The molecule has 0 radical (unpaired) electrons. The lowest BCUT2D eigenvalue weighted by Gasteiger charge is -2.41. The maximum Gasteiger partial charge on any atom is 0.227 e. The lowest BCUT2D eigenvalue weighted by molar-refractivity contribution is 0.0321. The number of piperazine rings is 1. The van der Waals surface area contributed by atoms with Gasteiger partial charge in [-0.2, -0.15) is 5.26 Å². The number of methoxy groups -OCH3 is 1. The maximum atomic E-state index is 9.60. The van der Waals surface area contributed by atoms with Gasteiger partial charge in [0.25, 0.3) is 0 Å². The molecule has 0 bridgehead atoms. The highest BCUT2D eigenvalue weighted by Gasteiger charge is 2.26. The molecule has 6 rings (SSSR count). The fourth-order valence-electron chi connectivity index (χ4n) is 5.71. The number of nitrogens with zero attached hydrogens (tertiary/aromatic N) is 9. The number of rotatable bonds is 10. The monoisotopic (exact) mass is 596 g/mol. The van der Waals surface area contributed by atoms with Gasteiger partial charge in [0.05, 0.1) is 24.9 Å². The van der Waals surface area contributed by atoms with Crippen LogP contribution in [0.15, 0.2) is 55.1 Å². The molecule has 0 spiro atoms. The molecule has 4 aromatic rings. The standard InChI is InChI=1S/C31H36N10O3/c1-22(20-41-21-35-37-38-41)44-29-15-23(3-4-24(29)17-32)25-18-33-31(34-19-25)36-28-6-5-27(16-30(28)42-2)40-11-9-39(10-12-40)26-7-13-43-14-8-26/h3-6,15-16,18-19,21-22,26H,7-14,20H2,1-2H3,(H,33,34,36)/t22-/m0/s1. The molecule has 13 heteroatoms. The average Bonchev–Trinajstić information content (AvgIpc) is 3.58. The van der Waals surface area contributed by atoms with E-state index in [2.05, 4.69) is 58.8 Å². The maximum absolute atomic E-state index is 9.60. The van der Waals surface area contributed by atoms with Gasteiger partial charge in [-0.15, -0.1) is 5.10 Å². The van der Waals surface area contributed by atoms with Crippen LogP contribution in [0.3, 0.4) is 0 Å². The van der Waals surface area contributed by atoms with Crippen molar-refractivity contribution >= 4 is 17.3 Å². The van der Waals surface area contributed by atoms with Gasteiger partial charge in [0.2, 0.25) is 5.95 Å². The summed E-state index contributed by atoms with van der Waals surface area (Å²) in [5.41, 5.74) is 3.99. The predicted octanol–water partition coefficient (Wildman–Crippen LogP) is 3.52. The second kappa shape index (κ2) is 13.7. The summed E-state index contributed by atoms with van der Waals surface area (Å²) in [5.74, 6) is 1.65. The van der Waals surface area contributed by atoms with Gasteiger partial charge in [0, 0.05) is 75.1 Å². The van der Waals surface area contributed by atoms with Crippen LogP contribution in [0.5, 0.6) is 11.5 Å². The third-order valence-electron chi connectivity index (χ3n) is 8.07. The summed E-state index contributed by atoms with van der Waals surface area (Å²) in [7, 11) is 1.67. The largest absolute Gasteiger partial charge is 0.494 e. The van der Waals surface area contributed by atoms with Crippen molar-refractivity contribution in [2.75, 3.05) is 56.7 Å². The number of ether oxygens (including phenoxy) is 3. The minimum absolute atomic E-state index is 0.258. The molecule has 228 valence electrons. The first-order valence-corrected chi connectivity index (χ1v) is 14.9. The third-order valence-corrected chi connectivity index (χ3v) is 8.07. The highest BCUT2D eigenvalue weighted by Crippen LogP contribution is 2.33. The first kappa shape index (κ1) is 29.3. The molecule has 1 atom stereocenters. The quantitative estimate of drug-likeness (QED) is 0.286. The summed E-state index contributed by atoms with van der Waals surface area (Å²) in [6, 6.07) is 14.4. The Bertz CT molecular complexity index is 1560. The molecule has 0 aliphatic carbocycles. The summed E-state index contributed by atoms with van der Waals surface area (Å²) in [6.45, 7) is 8.17. The highest BCUT2D eigenvalue weighted by atomic mass is 16.5. The van der Waals surface area contributed by atoms with E-state index in [0.717, 1.165) is 80.5 Å². The van der Waals surface area contributed by atoms with Gasteiger partial charge in [0.1, 0.15) is 30.0 Å². The minimum atomic E-state index is -0.258. The predicted molar refractivity (Wildman–Crippen MR) is 164 cm³/mol. The number of hydrogen-bond donors (Lipinski definition) is 1. The van der Waals surface area contributed by atoms with E-state index in [9.17, 15) is 5.26 Å². The molecule has 2 aliphatic heterocycles. The van der Waals surface area contributed by atoms with Crippen molar-refractivity contribution < 1.29 is 14.2 Å². The number of nitrogens with one attached hydrogen (secondary N) is 1. The van der Waals surface area contributed by atoms with Gasteiger partial charge >= 0.3 is 0 Å². The van der Waals surface area contributed by atoms with Crippen LogP contribution in [0.2, 0.25) is 0 Å². The Morgan fingerprint density at radius 3 is 2.52 bits per heavy atom. The first-order chi connectivity index (χ1) is 21.6. The van der Waals surface area contributed by atoms with Crippen LogP contribution in [0.25, 0.3) is 11.1 Å². The normalized spacial score (nSPS) is 16.7. The second-order valence-electron chi connectivity index (χ2n) is 11.0. The zero-order chi connectivity index (χ0) is 30.3. The fraction of sp³-hybridized carbons (Fsp3) is 0.419. The Balaban J connectivity index is 1.10. The van der Waals surface area contributed by atoms with Gasteiger partial charge in [-0.25, -0.2) is 14.6 Å². The van der Waals surface area contributed by atoms with Gasteiger partial charge in [-0.05, 0) is 60.0 Å². The average molecular weight is 597 g/mol. The van der Waals surface area contributed by atoms with E-state index >= 15 is 0 Å². The Labute approximate surface area is 256 Å². The topological polar surface area (TPSA) is 139 Å². The third kappa shape index (κ3) is 6.88. The van der Waals surface area contributed by atoms with Gasteiger partial charge in [-0.3, -0.25) is 4.90 Å². The minimum Gasteiger partial charge on any atom is -0.494 e.